The molecule has 5 nitrogen and oxygen atoms in total. The van der Waals surface area contributed by atoms with Gasteiger partial charge < -0.3 is 15.5 Å². The Bertz CT molecular complexity index is 1570. The number of fused-ring (bicyclic) bond motifs is 3. The van der Waals surface area contributed by atoms with Gasteiger partial charge in [-0.3, -0.25) is 9.59 Å². The predicted molar refractivity (Wildman–Crippen MR) is 202 cm³/mol. The highest BCUT2D eigenvalue weighted by molar-refractivity contribution is 6.31. The van der Waals surface area contributed by atoms with Crippen molar-refractivity contribution >= 4 is 52.1 Å². The summed E-state index contributed by atoms with van der Waals surface area (Å²) in [6, 6.07) is 24.3. The maximum Gasteiger partial charge on any atom is 0.224 e. The molecule has 1 aliphatic heterocycles. The molecule has 4 saturated carbocycles. The summed E-state index contributed by atoms with van der Waals surface area (Å²) in [5.74, 6) is 5.66. The molecule has 4 unspecified atom stereocenters. The molecule has 0 radical (unpaired) electrons. The Morgan fingerprint density at radius 3 is 1.63 bits per heavy atom. The molecule has 49 heavy (non-hydrogen) atoms. The molecule has 2 N–H and O–H groups in total. The van der Waals surface area contributed by atoms with Crippen molar-refractivity contribution in [1.82, 2.24) is 0 Å². The third kappa shape index (κ3) is 8.66. The maximum atomic E-state index is 12.5. The molecule has 5 aliphatic rings. The van der Waals surface area contributed by atoms with Crippen LogP contribution in [0.25, 0.3) is 0 Å². The summed E-state index contributed by atoms with van der Waals surface area (Å²) in [7, 11) is 0. The number of nitrogens with one attached hydrogen (secondary N) is 2. The van der Waals surface area contributed by atoms with Crippen molar-refractivity contribution in [3.8, 4) is 0 Å². The first kappa shape index (κ1) is 34.4. The van der Waals surface area contributed by atoms with Crippen LogP contribution < -0.4 is 15.5 Å². The molecule has 0 aromatic heterocycles. The van der Waals surface area contributed by atoms with Gasteiger partial charge in [-0.2, -0.15) is 0 Å². The zero-order valence-electron chi connectivity index (χ0n) is 28.8. The average Bonchev–Trinajstić information content (AvgIpc) is 3.83. The van der Waals surface area contributed by atoms with Gasteiger partial charge in [0.25, 0.3) is 0 Å². The summed E-state index contributed by atoms with van der Waals surface area (Å²) in [5.41, 5.74) is 4.67. The van der Waals surface area contributed by atoms with Gasteiger partial charge in [-0.25, -0.2) is 0 Å². The van der Waals surface area contributed by atoms with Gasteiger partial charge >= 0.3 is 0 Å². The number of para-hydroxylation sites is 1. The summed E-state index contributed by atoms with van der Waals surface area (Å²) in [4.78, 5) is 27.3. The predicted octanol–water partition coefficient (Wildman–Crippen LogP) is 10.7. The zero-order chi connectivity index (χ0) is 33.9. The normalized spacial score (nSPS) is 29.7. The minimum Gasteiger partial charge on any atom is -0.368 e. The van der Waals surface area contributed by atoms with Crippen LogP contribution in [0.2, 0.25) is 10.0 Å². The van der Waals surface area contributed by atoms with E-state index in [0.29, 0.717) is 40.8 Å². The van der Waals surface area contributed by atoms with Crippen LogP contribution in [0, 0.1) is 41.4 Å². The lowest BCUT2D eigenvalue weighted by Crippen LogP contribution is -2.38. The molecule has 7 heteroatoms. The van der Waals surface area contributed by atoms with Crippen molar-refractivity contribution in [3.63, 3.8) is 0 Å². The van der Waals surface area contributed by atoms with E-state index in [4.69, 9.17) is 23.2 Å². The Morgan fingerprint density at radius 1 is 0.653 bits per heavy atom. The van der Waals surface area contributed by atoms with E-state index in [1.54, 1.807) is 12.1 Å². The first-order valence-corrected chi connectivity index (χ1v) is 19.5. The lowest BCUT2D eigenvalue weighted by Gasteiger charge is -2.37. The zero-order valence-corrected chi connectivity index (χ0v) is 30.3. The van der Waals surface area contributed by atoms with Gasteiger partial charge in [0, 0.05) is 52.5 Å². The van der Waals surface area contributed by atoms with Crippen molar-refractivity contribution in [1.29, 1.82) is 0 Å². The molecule has 3 aromatic rings. The topological polar surface area (TPSA) is 61.4 Å². The lowest BCUT2D eigenvalue weighted by atomic mass is 9.95. The summed E-state index contributed by atoms with van der Waals surface area (Å²) in [6.45, 7) is 3.56. The van der Waals surface area contributed by atoms with Gasteiger partial charge in [-0.1, -0.05) is 48.3 Å². The summed E-state index contributed by atoms with van der Waals surface area (Å²) in [6.07, 6.45) is 14.1. The number of halogens is 2. The van der Waals surface area contributed by atoms with Crippen molar-refractivity contribution in [2.24, 2.45) is 41.4 Å². The van der Waals surface area contributed by atoms with Crippen molar-refractivity contribution in [3.05, 3.63) is 88.4 Å². The lowest BCUT2D eigenvalue weighted by molar-refractivity contribution is -0.117. The average molecular weight is 701 g/mol. The second kappa shape index (κ2) is 15.5. The van der Waals surface area contributed by atoms with E-state index in [9.17, 15) is 9.59 Å². The SMILES string of the molecule is CC1C[C@@H]2CC(CC(=O)Nc3ccc(Cl)cc3)C[C@@H]2C1.O=C(CC1C[C@@H]2CC(N3CCCc4ccccc43)C[C@@H]2C1)Nc1ccc(Cl)cc1. The van der Waals surface area contributed by atoms with Crippen LogP contribution in [0.15, 0.2) is 72.8 Å². The minimum atomic E-state index is 0.138. The molecular formula is C42H51Cl2N3O2. The number of carbonyl (C=O) groups is 2. The Morgan fingerprint density at radius 2 is 1.12 bits per heavy atom. The second-order valence-electron chi connectivity index (χ2n) is 15.9. The fourth-order valence-corrected chi connectivity index (χ4v) is 10.6. The van der Waals surface area contributed by atoms with Crippen LogP contribution in [0.1, 0.15) is 83.1 Å². The smallest absolute Gasteiger partial charge is 0.224 e. The van der Waals surface area contributed by atoms with Crippen molar-refractivity contribution in [2.75, 3.05) is 22.1 Å². The Kier molecular flexibility index (Phi) is 10.9. The number of nitrogens with zero attached hydrogens (tertiary/aromatic N) is 1. The van der Waals surface area contributed by atoms with E-state index in [-0.39, 0.29) is 11.8 Å². The molecule has 4 fully saturated rings. The number of amides is 2. The van der Waals surface area contributed by atoms with Crippen LogP contribution >= 0.6 is 23.2 Å². The van der Waals surface area contributed by atoms with Crippen molar-refractivity contribution < 1.29 is 9.59 Å². The van der Waals surface area contributed by atoms with Gasteiger partial charge in [-0.05, 0) is 166 Å². The highest BCUT2D eigenvalue weighted by atomic mass is 35.5. The number of benzene rings is 3. The fraction of sp³-hybridized carbons (Fsp3) is 0.524. The van der Waals surface area contributed by atoms with E-state index in [2.05, 4.69) is 46.7 Å². The number of aryl methyl sites for hydroxylation is 1. The molecule has 0 bridgehead atoms. The first-order valence-electron chi connectivity index (χ1n) is 18.7. The van der Waals surface area contributed by atoms with Crippen LogP contribution in [-0.4, -0.2) is 24.4 Å². The van der Waals surface area contributed by atoms with E-state index < -0.39 is 0 Å². The molecule has 0 saturated heterocycles. The van der Waals surface area contributed by atoms with Gasteiger partial charge in [0.15, 0.2) is 0 Å². The minimum absolute atomic E-state index is 0.138. The molecule has 2 amide bonds. The third-order valence-electron chi connectivity index (χ3n) is 12.2. The largest absolute Gasteiger partial charge is 0.368 e. The van der Waals surface area contributed by atoms with Gasteiger partial charge in [-0.15, -0.1) is 0 Å². The van der Waals surface area contributed by atoms with E-state index in [1.807, 2.05) is 36.4 Å². The van der Waals surface area contributed by atoms with E-state index in [0.717, 1.165) is 41.0 Å². The third-order valence-corrected chi connectivity index (χ3v) is 12.7. The van der Waals surface area contributed by atoms with Gasteiger partial charge in [0.05, 0.1) is 0 Å². The van der Waals surface area contributed by atoms with Gasteiger partial charge in [0.2, 0.25) is 11.8 Å². The number of hydrogen-bond acceptors (Lipinski definition) is 3. The van der Waals surface area contributed by atoms with Crippen LogP contribution in [0.4, 0.5) is 17.1 Å². The van der Waals surface area contributed by atoms with Crippen molar-refractivity contribution in [2.45, 2.75) is 90.0 Å². The highest BCUT2D eigenvalue weighted by Gasteiger charge is 2.44. The number of hydrogen-bond donors (Lipinski definition) is 2. The molecule has 0 spiro atoms. The van der Waals surface area contributed by atoms with E-state index in [1.165, 1.54) is 82.0 Å². The quantitative estimate of drug-likeness (QED) is 0.258. The number of rotatable bonds is 7. The second-order valence-corrected chi connectivity index (χ2v) is 16.7. The standard InChI is InChI=1S/C25H29ClN2O.C17H22ClNO/c26-21-7-9-22(10-8-21)27-25(29)14-17-12-19-15-23(16-20(19)13-17)28-11-3-5-18-4-1-2-6-24(18)28;1-11-6-13-8-12(9-14(13)7-11)10-17(20)19-16-4-2-15(18)3-5-16/h1-2,4,6-10,17,19-20,23H,3,5,11-16H2,(H,27,29);2-5,11-14H,6-10H2,1H3,(H,19,20)/t17?,19-,20+,23?;11?,12?,13-,14+. The molecule has 4 aliphatic carbocycles. The Labute approximate surface area is 302 Å². The first-order chi connectivity index (χ1) is 23.8. The monoisotopic (exact) mass is 699 g/mol. The van der Waals surface area contributed by atoms with E-state index >= 15 is 0 Å². The Balaban J connectivity index is 0.000000166. The fourth-order valence-electron chi connectivity index (χ4n) is 10.3. The highest BCUT2D eigenvalue weighted by Crippen LogP contribution is 2.51. The molecular weight excluding hydrogens is 649 g/mol. The number of anilines is 3. The summed E-state index contributed by atoms with van der Waals surface area (Å²) in [5, 5.41) is 7.39. The van der Waals surface area contributed by atoms with Crippen LogP contribution in [0.5, 0.6) is 0 Å². The van der Waals surface area contributed by atoms with Crippen LogP contribution in [-0.2, 0) is 16.0 Å². The molecule has 8 rings (SSSR count). The maximum absolute atomic E-state index is 12.5. The molecule has 8 atom stereocenters. The summed E-state index contributed by atoms with van der Waals surface area (Å²) < 4.78 is 0. The Hall–Kier alpha value is -3.02. The molecule has 1 heterocycles. The molecule has 260 valence electrons. The number of carbonyl (C=O) groups excluding carboxylic acids is 2. The van der Waals surface area contributed by atoms with Gasteiger partial charge in [0.1, 0.15) is 0 Å². The van der Waals surface area contributed by atoms with Crippen LogP contribution in [0.3, 0.4) is 0 Å². The molecule has 3 aromatic carbocycles. The summed E-state index contributed by atoms with van der Waals surface area (Å²) >= 11 is 11.8.